The van der Waals surface area contributed by atoms with Gasteiger partial charge in [0.15, 0.2) is 34.7 Å². The third kappa shape index (κ3) is 6.83. The molecular weight excluding hydrogens is 634 g/mol. The van der Waals surface area contributed by atoms with E-state index in [0.717, 1.165) is 16.4 Å². The lowest BCUT2D eigenvalue weighted by Crippen LogP contribution is -2.63. The largest absolute Gasteiger partial charge is 0.543 e. The Morgan fingerprint density at radius 3 is 2.62 bits per heavy atom. The second kappa shape index (κ2) is 13.1. The van der Waals surface area contributed by atoms with Crippen molar-refractivity contribution in [3.05, 3.63) is 23.3 Å². The number of carbonyl (C=O) groups excluding carboxylic acids is 4. The number of rotatable bonds is 13. The van der Waals surface area contributed by atoms with Gasteiger partial charge in [-0.3, -0.25) is 19.8 Å². The molecule has 19 nitrogen and oxygen atoms in total. The molecule has 2 aliphatic heterocycles. The first-order valence-corrected chi connectivity index (χ1v) is 15.1. The highest BCUT2D eigenvalue weighted by Gasteiger charge is 2.53. The summed E-state index contributed by atoms with van der Waals surface area (Å²) in [5, 5.41) is 29.8. The van der Waals surface area contributed by atoms with Crippen LogP contribution >= 0.6 is 23.3 Å². The van der Waals surface area contributed by atoms with E-state index in [4.69, 9.17) is 22.0 Å². The van der Waals surface area contributed by atoms with Crippen molar-refractivity contribution in [2.45, 2.75) is 37.8 Å². The van der Waals surface area contributed by atoms with Crippen LogP contribution in [0.25, 0.3) is 0 Å². The summed E-state index contributed by atoms with van der Waals surface area (Å²) in [6.45, 7) is 2.93. The number of β-lactam (4-membered cyclic amide) rings is 1. The second-order valence-corrected chi connectivity index (χ2v) is 12.3. The predicted octanol–water partition coefficient (Wildman–Crippen LogP) is -2.81. The number of anilines is 3. The number of fused-ring (bicyclic) bond motifs is 1. The molecule has 0 radical (unpaired) electrons. The molecule has 2 atom stereocenters. The summed E-state index contributed by atoms with van der Waals surface area (Å²) in [5.74, 6) is -5.07. The number of nitrogen functional groups attached to an aromatic ring is 2. The molecule has 0 saturated carbocycles. The average molecular weight is 666 g/mol. The molecule has 1 unspecified atom stereocenters. The van der Waals surface area contributed by atoms with Gasteiger partial charge < -0.3 is 42.4 Å². The topological polar surface area (TPSA) is 290 Å². The van der Waals surface area contributed by atoms with Crippen LogP contribution in [-0.4, -0.2) is 89.2 Å². The number of nitrogens with two attached hydrogens (primary N) is 3. The van der Waals surface area contributed by atoms with Gasteiger partial charge in [-0.25, -0.2) is 9.59 Å². The minimum atomic E-state index is -1.80. The van der Waals surface area contributed by atoms with E-state index in [1.165, 1.54) is 36.5 Å². The number of amides is 3. The van der Waals surface area contributed by atoms with Crippen LogP contribution in [0, 0.1) is 5.92 Å². The van der Waals surface area contributed by atoms with Gasteiger partial charge in [0.1, 0.15) is 0 Å². The number of hydrogen-bond acceptors (Lipinski definition) is 15. The standard InChI is InChI=1S/C24H31N11O8S2/c1-24(2,21(40)41)43-31-14(17-30-22(27)45-32-17)13(36)6-11-18(37)35-15(20(38)39)10(9-44-19(11)35)7-34-8-12(16(26)33(34)3)29-23(42)28-5-4-25/h8,11,19,26H,4-7,9,25H2,1-3H3,(H6,27,28,29,30,32,38,39,40,41,42)/b31-14+/t11-,19?/m0/s1. The maximum Gasteiger partial charge on any atom is 0.350 e. The Balaban J connectivity index is 1.54. The molecule has 4 heterocycles. The molecule has 2 aliphatic rings. The minimum Gasteiger partial charge on any atom is -0.543 e. The first-order chi connectivity index (χ1) is 21.2. The van der Waals surface area contributed by atoms with Gasteiger partial charge >= 0.3 is 12.0 Å². The van der Waals surface area contributed by atoms with Crippen molar-refractivity contribution in [3.63, 3.8) is 0 Å². The van der Waals surface area contributed by atoms with Crippen LogP contribution in [0.3, 0.4) is 0 Å². The highest BCUT2D eigenvalue weighted by molar-refractivity contribution is 8.00. The molecule has 2 aromatic rings. The number of Topliss-reactive ketones (excluding diaryl/α,β-unsaturated/α-hetero) is 1. The van der Waals surface area contributed by atoms with E-state index in [9.17, 15) is 34.2 Å². The SMILES string of the molecule is Cn1c(N)c(NC(=O)NCCN)c[n+]1CC1=C(C(=O)[O-])N2C(=O)[C@H](CC(=O)/C(=N\OC(C)(C)C(=O)O)c3nsc(N)n3)C2SC1. The van der Waals surface area contributed by atoms with Gasteiger partial charge in [0, 0.05) is 42.4 Å². The molecular formula is C24H31N11O8S2. The Hall–Kier alpha value is -4.76. The van der Waals surface area contributed by atoms with E-state index in [-0.39, 0.29) is 53.5 Å². The van der Waals surface area contributed by atoms with E-state index in [1.807, 2.05) is 0 Å². The number of carbonyl (C=O) groups is 5. The predicted molar refractivity (Wildman–Crippen MR) is 158 cm³/mol. The summed E-state index contributed by atoms with van der Waals surface area (Å²) in [4.78, 5) is 72.5. The number of nitrogens with zero attached hydrogens (tertiary/aromatic N) is 6. The molecule has 2 aromatic heterocycles. The summed E-state index contributed by atoms with van der Waals surface area (Å²) >= 11 is 2.02. The monoisotopic (exact) mass is 665 g/mol. The summed E-state index contributed by atoms with van der Waals surface area (Å²) in [6, 6.07) is -0.526. The molecule has 9 N–H and O–H groups in total. The lowest BCUT2D eigenvalue weighted by atomic mass is 9.89. The van der Waals surface area contributed by atoms with E-state index >= 15 is 0 Å². The maximum atomic E-state index is 13.3. The molecule has 3 amide bonds. The number of urea groups is 1. The maximum absolute atomic E-state index is 13.3. The Morgan fingerprint density at radius 1 is 1.31 bits per heavy atom. The quantitative estimate of drug-likeness (QED) is 0.0545. The minimum absolute atomic E-state index is 0.00632. The number of nitrogens with one attached hydrogen (secondary N) is 2. The van der Waals surface area contributed by atoms with Crippen LogP contribution in [0.5, 0.6) is 0 Å². The number of ketones is 1. The van der Waals surface area contributed by atoms with Crippen LogP contribution in [0.15, 0.2) is 22.6 Å². The van der Waals surface area contributed by atoms with E-state index in [1.54, 1.807) is 11.7 Å². The van der Waals surface area contributed by atoms with Gasteiger partial charge in [-0.05, 0) is 13.8 Å². The normalized spacial score (nSPS) is 18.3. The van der Waals surface area contributed by atoms with Crippen molar-refractivity contribution >= 4 is 75.3 Å². The fourth-order valence-corrected chi connectivity index (χ4v) is 6.22. The number of hydrogen-bond donors (Lipinski definition) is 6. The van der Waals surface area contributed by atoms with Crippen molar-refractivity contribution in [2.75, 3.05) is 35.6 Å². The van der Waals surface area contributed by atoms with Crippen molar-refractivity contribution in [2.24, 2.45) is 23.9 Å². The fourth-order valence-electron chi connectivity index (χ4n) is 4.38. The number of thioether (sulfide) groups is 1. The van der Waals surface area contributed by atoms with Crippen molar-refractivity contribution in [1.82, 2.24) is 24.3 Å². The number of carboxylic acids is 2. The Morgan fingerprint density at radius 2 is 2.02 bits per heavy atom. The highest BCUT2D eigenvalue weighted by atomic mass is 32.2. The summed E-state index contributed by atoms with van der Waals surface area (Å²) in [5.41, 5.74) is 15.2. The average Bonchev–Trinajstić information content (AvgIpc) is 3.52. The first-order valence-electron chi connectivity index (χ1n) is 13.3. The summed E-state index contributed by atoms with van der Waals surface area (Å²) in [7, 11) is 1.61. The third-order valence-electron chi connectivity index (χ3n) is 6.87. The van der Waals surface area contributed by atoms with Crippen LogP contribution in [0.1, 0.15) is 26.1 Å². The van der Waals surface area contributed by atoms with Crippen LogP contribution < -0.4 is 37.6 Å². The lowest BCUT2D eigenvalue weighted by molar-refractivity contribution is -0.765. The Kier molecular flexibility index (Phi) is 9.63. The molecule has 4 rings (SSSR count). The van der Waals surface area contributed by atoms with Crippen molar-refractivity contribution < 1.29 is 43.7 Å². The lowest BCUT2D eigenvalue weighted by Gasteiger charge is -2.50. The van der Waals surface area contributed by atoms with E-state index in [0.29, 0.717) is 5.57 Å². The molecule has 0 aliphatic carbocycles. The van der Waals surface area contributed by atoms with Crippen LogP contribution in [0.2, 0.25) is 0 Å². The second-order valence-electron chi connectivity index (χ2n) is 10.4. The molecule has 45 heavy (non-hydrogen) atoms. The zero-order valence-corrected chi connectivity index (χ0v) is 25.9. The zero-order chi connectivity index (χ0) is 33.2. The van der Waals surface area contributed by atoms with E-state index < -0.39 is 58.7 Å². The van der Waals surface area contributed by atoms with Gasteiger partial charge in [0.2, 0.25) is 23.5 Å². The molecule has 1 saturated heterocycles. The van der Waals surface area contributed by atoms with Gasteiger partial charge in [-0.2, -0.15) is 9.36 Å². The number of carboxylic acid groups (broad SMARTS) is 2. The summed E-state index contributed by atoms with van der Waals surface area (Å²) < 4.78 is 7.01. The number of aliphatic carboxylic acids is 2. The van der Waals surface area contributed by atoms with Gasteiger partial charge in [0.05, 0.1) is 30.0 Å². The van der Waals surface area contributed by atoms with Gasteiger partial charge in [-0.15, -0.1) is 21.1 Å². The fraction of sp³-hybridized carbons (Fsp3) is 0.458. The van der Waals surface area contributed by atoms with Gasteiger partial charge in [-0.1, -0.05) is 5.16 Å². The number of aromatic nitrogens is 4. The Bertz CT molecular complexity index is 1620. The first kappa shape index (κ1) is 33.1. The molecule has 0 aromatic carbocycles. The van der Waals surface area contributed by atoms with Crippen molar-refractivity contribution in [3.8, 4) is 0 Å². The molecule has 242 valence electrons. The summed E-state index contributed by atoms with van der Waals surface area (Å²) in [6.07, 6.45) is 1.10. The molecule has 0 spiro atoms. The molecule has 0 bridgehead atoms. The molecule has 1 fully saturated rings. The van der Waals surface area contributed by atoms with Gasteiger partial charge in [0.25, 0.3) is 0 Å². The molecule has 21 heteroatoms. The van der Waals surface area contributed by atoms with Crippen LogP contribution in [0.4, 0.5) is 21.4 Å². The van der Waals surface area contributed by atoms with Crippen molar-refractivity contribution in [1.29, 1.82) is 0 Å². The Labute approximate surface area is 263 Å². The highest BCUT2D eigenvalue weighted by Crippen LogP contribution is 2.45. The van der Waals surface area contributed by atoms with Crippen LogP contribution in [-0.2, 0) is 37.6 Å². The smallest absolute Gasteiger partial charge is 0.350 e. The number of oxime groups is 1. The zero-order valence-electron chi connectivity index (χ0n) is 24.3. The third-order valence-corrected chi connectivity index (χ3v) is 8.81. The van der Waals surface area contributed by atoms with E-state index in [2.05, 4.69) is 25.1 Å².